The first kappa shape index (κ1) is 18.1. The molecule has 1 amide bonds. The van der Waals surface area contributed by atoms with Crippen LogP contribution in [-0.4, -0.2) is 12.5 Å². The van der Waals surface area contributed by atoms with Crippen molar-refractivity contribution in [2.24, 2.45) is 0 Å². The maximum absolute atomic E-state index is 12.2. The molecule has 3 nitrogen and oxygen atoms in total. The standard InChI is InChI=1S/C21H27NO2/c1-4-20(19-13-12-16(2)15-17(19)3)22-21(23)11-8-14-24-18-9-6-5-7-10-18/h5-7,9-10,12-13,15,20H,4,8,11,14H2,1-3H3,(H,22,23). The van der Waals surface area contributed by atoms with E-state index in [1.54, 1.807) is 0 Å². The van der Waals surface area contributed by atoms with Gasteiger partial charge in [-0.25, -0.2) is 0 Å². The first-order chi connectivity index (χ1) is 11.6. The Morgan fingerprint density at radius 2 is 1.88 bits per heavy atom. The van der Waals surface area contributed by atoms with Crippen LogP contribution in [0.5, 0.6) is 5.75 Å². The van der Waals surface area contributed by atoms with Gasteiger partial charge < -0.3 is 10.1 Å². The molecule has 0 heterocycles. The Labute approximate surface area is 145 Å². The summed E-state index contributed by atoms with van der Waals surface area (Å²) in [4.78, 5) is 12.2. The van der Waals surface area contributed by atoms with Crippen molar-refractivity contribution in [1.82, 2.24) is 5.32 Å². The minimum Gasteiger partial charge on any atom is -0.494 e. The van der Waals surface area contributed by atoms with Gasteiger partial charge in [0.05, 0.1) is 12.6 Å². The van der Waals surface area contributed by atoms with Crippen LogP contribution in [0.3, 0.4) is 0 Å². The number of carbonyl (C=O) groups excluding carboxylic acids is 1. The monoisotopic (exact) mass is 325 g/mol. The molecule has 1 unspecified atom stereocenters. The average Bonchev–Trinajstić information content (AvgIpc) is 2.58. The zero-order chi connectivity index (χ0) is 17.4. The topological polar surface area (TPSA) is 38.3 Å². The van der Waals surface area contributed by atoms with Crippen molar-refractivity contribution < 1.29 is 9.53 Å². The number of ether oxygens (including phenoxy) is 1. The fourth-order valence-corrected chi connectivity index (χ4v) is 2.82. The van der Waals surface area contributed by atoms with Gasteiger partial charge in [-0.3, -0.25) is 4.79 Å². The Hall–Kier alpha value is -2.29. The molecule has 128 valence electrons. The minimum atomic E-state index is 0.0770. The van der Waals surface area contributed by atoms with Crippen molar-refractivity contribution in [1.29, 1.82) is 0 Å². The van der Waals surface area contributed by atoms with E-state index in [0.29, 0.717) is 19.4 Å². The van der Waals surface area contributed by atoms with Gasteiger partial charge >= 0.3 is 0 Å². The predicted octanol–water partition coefficient (Wildman–Crippen LogP) is 4.73. The third-order valence-electron chi connectivity index (χ3n) is 4.10. The summed E-state index contributed by atoms with van der Waals surface area (Å²) < 4.78 is 5.62. The lowest BCUT2D eigenvalue weighted by atomic mass is 9.97. The molecule has 0 spiro atoms. The summed E-state index contributed by atoms with van der Waals surface area (Å²) in [5.41, 5.74) is 3.68. The summed E-state index contributed by atoms with van der Waals surface area (Å²) >= 11 is 0. The van der Waals surface area contributed by atoms with Crippen LogP contribution in [0.2, 0.25) is 0 Å². The van der Waals surface area contributed by atoms with Gasteiger partial charge in [-0.05, 0) is 49.9 Å². The molecule has 0 radical (unpaired) electrons. The van der Waals surface area contributed by atoms with E-state index in [9.17, 15) is 4.79 Å². The largest absolute Gasteiger partial charge is 0.494 e. The van der Waals surface area contributed by atoms with Crippen molar-refractivity contribution in [3.63, 3.8) is 0 Å². The van der Waals surface area contributed by atoms with Gasteiger partial charge in [0.1, 0.15) is 5.75 Å². The van der Waals surface area contributed by atoms with E-state index >= 15 is 0 Å². The third kappa shape index (κ3) is 5.41. The number of aryl methyl sites for hydroxylation is 2. The quantitative estimate of drug-likeness (QED) is 0.713. The molecule has 0 aromatic heterocycles. The number of para-hydroxylation sites is 1. The zero-order valence-electron chi connectivity index (χ0n) is 14.8. The summed E-state index contributed by atoms with van der Waals surface area (Å²) in [6.45, 7) is 6.84. The lowest BCUT2D eigenvalue weighted by Gasteiger charge is -2.20. The molecule has 24 heavy (non-hydrogen) atoms. The maximum Gasteiger partial charge on any atom is 0.220 e. The second-order valence-electron chi connectivity index (χ2n) is 6.15. The molecule has 0 bridgehead atoms. The molecule has 2 aromatic rings. The van der Waals surface area contributed by atoms with E-state index in [0.717, 1.165) is 12.2 Å². The molecule has 2 rings (SSSR count). The number of amides is 1. The highest BCUT2D eigenvalue weighted by atomic mass is 16.5. The van der Waals surface area contributed by atoms with Crippen LogP contribution < -0.4 is 10.1 Å². The Morgan fingerprint density at radius 1 is 1.12 bits per heavy atom. The molecular formula is C21H27NO2. The number of benzene rings is 2. The summed E-state index contributed by atoms with van der Waals surface area (Å²) in [7, 11) is 0. The highest BCUT2D eigenvalue weighted by Gasteiger charge is 2.14. The van der Waals surface area contributed by atoms with E-state index in [1.807, 2.05) is 30.3 Å². The van der Waals surface area contributed by atoms with Crippen LogP contribution in [0.1, 0.15) is 48.9 Å². The first-order valence-corrected chi connectivity index (χ1v) is 8.64. The molecule has 0 saturated heterocycles. The van der Waals surface area contributed by atoms with Crippen LogP contribution in [0.4, 0.5) is 0 Å². The molecule has 0 aliphatic heterocycles. The molecule has 1 N–H and O–H groups in total. The van der Waals surface area contributed by atoms with Gasteiger partial charge in [0.15, 0.2) is 0 Å². The smallest absolute Gasteiger partial charge is 0.220 e. The van der Waals surface area contributed by atoms with E-state index in [2.05, 4.69) is 44.3 Å². The first-order valence-electron chi connectivity index (χ1n) is 8.64. The van der Waals surface area contributed by atoms with Crippen LogP contribution in [-0.2, 0) is 4.79 Å². The van der Waals surface area contributed by atoms with E-state index in [1.165, 1.54) is 16.7 Å². The van der Waals surface area contributed by atoms with Crippen LogP contribution >= 0.6 is 0 Å². The predicted molar refractivity (Wildman–Crippen MR) is 98.3 cm³/mol. The normalized spacial score (nSPS) is 11.8. The minimum absolute atomic E-state index is 0.0770. The fraction of sp³-hybridized carbons (Fsp3) is 0.381. The summed E-state index contributed by atoms with van der Waals surface area (Å²) in [5, 5.41) is 3.15. The van der Waals surface area contributed by atoms with Crippen LogP contribution in [0.15, 0.2) is 48.5 Å². The molecule has 3 heteroatoms. The third-order valence-corrected chi connectivity index (χ3v) is 4.10. The van der Waals surface area contributed by atoms with Gasteiger partial charge in [0, 0.05) is 6.42 Å². The average molecular weight is 325 g/mol. The van der Waals surface area contributed by atoms with E-state index < -0.39 is 0 Å². The molecule has 0 aliphatic rings. The van der Waals surface area contributed by atoms with Crippen molar-refractivity contribution >= 4 is 5.91 Å². The van der Waals surface area contributed by atoms with Crippen LogP contribution in [0, 0.1) is 13.8 Å². The van der Waals surface area contributed by atoms with Crippen molar-refractivity contribution in [3.05, 3.63) is 65.2 Å². The lowest BCUT2D eigenvalue weighted by molar-refractivity contribution is -0.122. The molecule has 1 atom stereocenters. The molecule has 0 fully saturated rings. The Kier molecular flexibility index (Phi) is 6.86. The number of rotatable bonds is 8. The second-order valence-corrected chi connectivity index (χ2v) is 6.15. The fourth-order valence-electron chi connectivity index (χ4n) is 2.82. The maximum atomic E-state index is 12.2. The van der Waals surface area contributed by atoms with Gasteiger partial charge in [0.2, 0.25) is 5.91 Å². The van der Waals surface area contributed by atoms with Gasteiger partial charge in [0.25, 0.3) is 0 Å². The number of nitrogens with one attached hydrogen (secondary N) is 1. The highest BCUT2D eigenvalue weighted by Crippen LogP contribution is 2.21. The van der Waals surface area contributed by atoms with Crippen LogP contribution in [0.25, 0.3) is 0 Å². The van der Waals surface area contributed by atoms with E-state index in [-0.39, 0.29) is 11.9 Å². The SMILES string of the molecule is CCC(NC(=O)CCCOc1ccccc1)c1ccc(C)cc1C. The van der Waals surface area contributed by atoms with Crippen molar-refractivity contribution in [2.75, 3.05) is 6.61 Å². The highest BCUT2D eigenvalue weighted by molar-refractivity contribution is 5.76. The number of hydrogen-bond donors (Lipinski definition) is 1. The second kappa shape index (κ2) is 9.11. The molecule has 0 aliphatic carbocycles. The molecular weight excluding hydrogens is 298 g/mol. The van der Waals surface area contributed by atoms with Gasteiger partial charge in [-0.1, -0.05) is 48.9 Å². The Bertz CT molecular complexity index is 652. The number of hydrogen-bond acceptors (Lipinski definition) is 2. The Morgan fingerprint density at radius 3 is 2.54 bits per heavy atom. The summed E-state index contributed by atoms with van der Waals surface area (Å²) in [6, 6.07) is 16.2. The van der Waals surface area contributed by atoms with Gasteiger partial charge in [-0.2, -0.15) is 0 Å². The summed E-state index contributed by atoms with van der Waals surface area (Å²) in [5.74, 6) is 0.929. The van der Waals surface area contributed by atoms with Gasteiger partial charge in [-0.15, -0.1) is 0 Å². The van der Waals surface area contributed by atoms with E-state index in [4.69, 9.17) is 4.74 Å². The Balaban J connectivity index is 1.79. The van der Waals surface area contributed by atoms with Crippen molar-refractivity contribution in [2.45, 2.75) is 46.1 Å². The van der Waals surface area contributed by atoms with Crippen molar-refractivity contribution in [3.8, 4) is 5.75 Å². The molecule has 0 saturated carbocycles. The molecule has 2 aromatic carbocycles. The zero-order valence-corrected chi connectivity index (χ0v) is 14.8. The lowest BCUT2D eigenvalue weighted by Crippen LogP contribution is -2.28. The summed E-state index contributed by atoms with van der Waals surface area (Å²) in [6.07, 6.45) is 2.08. The number of carbonyl (C=O) groups is 1.